The Morgan fingerprint density at radius 2 is 1.76 bits per heavy atom. The number of morpholine rings is 1. The van der Waals surface area contributed by atoms with Gasteiger partial charge in [-0.15, -0.1) is 0 Å². The van der Waals surface area contributed by atoms with E-state index in [4.69, 9.17) is 4.74 Å². The molecule has 0 aromatic heterocycles. The van der Waals surface area contributed by atoms with Crippen molar-refractivity contribution in [1.82, 2.24) is 9.62 Å². The number of sulfonamides is 1. The predicted octanol–water partition coefficient (Wildman–Crippen LogP) is 1.70. The first kappa shape index (κ1) is 20.2. The minimum absolute atomic E-state index is 0.0158. The Labute approximate surface area is 152 Å². The van der Waals surface area contributed by atoms with E-state index in [2.05, 4.69) is 38.8 Å². The minimum Gasteiger partial charge on any atom is -0.379 e. The summed E-state index contributed by atoms with van der Waals surface area (Å²) in [7, 11) is 0.757. The standard InChI is InChI=1S/C18H31N3O3S/c1-15(2)14-25(22,23)19-13-18(21-9-11-24-12-10-21)16-5-7-17(8-6-16)20(3)4/h5-8,15,18-19H,9-14H2,1-4H3/t18-/m1/s1. The number of rotatable bonds is 8. The molecule has 0 aliphatic carbocycles. The molecule has 1 N–H and O–H groups in total. The summed E-state index contributed by atoms with van der Waals surface area (Å²) in [6.45, 7) is 7.21. The third-order valence-corrected chi connectivity index (χ3v) is 6.04. The first-order valence-corrected chi connectivity index (χ1v) is 10.5. The van der Waals surface area contributed by atoms with Crippen molar-refractivity contribution in [1.29, 1.82) is 0 Å². The predicted molar refractivity (Wildman–Crippen MR) is 103 cm³/mol. The Hall–Kier alpha value is -1.15. The fraction of sp³-hybridized carbons (Fsp3) is 0.667. The molecule has 2 rings (SSSR count). The van der Waals surface area contributed by atoms with E-state index in [0.29, 0.717) is 19.8 Å². The van der Waals surface area contributed by atoms with Crippen molar-refractivity contribution in [2.24, 2.45) is 5.92 Å². The molecule has 0 amide bonds. The number of anilines is 1. The van der Waals surface area contributed by atoms with Gasteiger partial charge in [0, 0.05) is 45.5 Å². The van der Waals surface area contributed by atoms with Crippen LogP contribution in [-0.4, -0.2) is 66.0 Å². The van der Waals surface area contributed by atoms with Gasteiger partial charge in [-0.1, -0.05) is 26.0 Å². The van der Waals surface area contributed by atoms with Crippen LogP contribution in [0.4, 0.5) is 5.69 Å². The highest BCUT2D eigenvalue weighted by Gasteiger charge is 2.24. The number of hydrogen-bond acceptors (Lipinski definition) is 5. The molecule has 1 aliphatic heterocycles. The smallest absolute Gasteiger partial charge is 0.211 e. The molecule has 0 saturated carbocycles. The van der Waals surface area contributed by atoms with Gasteiger partial charge in [-0.3, -0.25) is 4.90 Å². The summed E-state index contributed by atoms with van der Waals surface area (Å²) in [5.41, 5.74) is 2.25. The summed E-state index contributed by atoms with van der Waals surface area (Å²) in [6.07, 6.45) is 0. The molecule has 1 heterocycles. The lowest BCUT2D eigenvalue weighted by Crippen LogP contribution is -2.44. The van der Waals surface area contributed by atoms with Gasteiger partial charge >= 0.3 is 0 Å². The van der Waals surface area contributed by atoms with Crippen molar-refractivity contribution in [3.63, 3.8) is 0 Å². The second kappa shape index (κ2) is 8.98. The molecule has 0 radical (unpaired) electrons. The molecule has 25 heavy (non-hydrogen) atoms. The highest BCUT2D eigenvalue weighted by molar-refractivity contribution is 7.89. The van der Waals surface area contributed by atoms with Crippen molar-refractivity contribution in [2.45, 2.75) is 19.9 Å². The maximum Gasteiger partial charge on any atom is 0.211 e. The van der Waals surface area contributed by atoms with Crippen molar-refractivity contribution < 1.29 is 13.2 Å². The monoisotopic (exact) mass is 369 g/mol. The minimum atomic E-state index is -3.26. The normalized spacial score (nSPS) is 17.6. The van der Waals surface area contributed by atoms with E-state index >= 15 is 0 Å². The summed E-state index contributed by atoms with van der Waals surface area (Å²) >= 11 is 0. The Morgan fingerprint density at radius 3 is 2.28 bits per heavy atom. The van der Waals surface area contributed by atoms with Gasteiger partial charge in [0.15, 0.2) is 0 Å². The number of nitrogens with zero attached hydrogens (tertiary/aromatic N) is 2. The van der Waals surface area contributed by atoms with Gasteiger partial charge < -0.3 is 9.64 Å². The van der Waals surface area contributed by atoms with Crippen LogP contribution in [-0.2, 0) is 14.8 Å². The van der Waals surface area contributed by atoms with Gasteiger partial charge in [-0.25, -0.2) is 13.1 Å². The Bertz CT molecular complexity index is 623. The largest absolute Gasteiger partial charge is 0.379 e. The summed E-state index contributed by atoms with van der Waals surface area (Å²) < 4.78 is 32.7. The van der Waals surface area contributed by atoms with E-state index < -0.39 is 10.0 Å². The summed E-state index contributed by atoms with van der Waals surface area (Å²) in [6, 6.07) is 8.34. The van der Waals surface area contributed by atoms with Crippen molar-refractivity contribution in [2.75, 3.05) is 57.6 Å². The number of nitrogens with one attached hydrogen (secondary N) is 1. The fourth-order valence-electron chi connectivity index (χ4n) is 3.05. The van der Waals surface area contributed by atoms with Gasteiger partial charge in [0.1, 0.15) is 0 Å². The third-order valence-electron chi connectivity index (χ3n) is 4.33. The van der Waals surface area contributed by atoms with Gasteiger partial charge in [0.25, 0.3) is 0 Å². The maximum atomic E-state index is 12.2. The highest BCUT2D eigenvalue weighted by Crippen LogP contribution is 2.24. The van der Waals surface area contributed by atoms with E-state index in [1.54, 1.807) is 0 Å². The van der Waals surface area contributed by atoms with Crippen LogP contribution in [0.25, 0.3) is 0 Å². The van der Waals surface area contributed by atoms with Crippen LogP contribution < -0.4 is 9.62 Å². The molecule has 1 atom stereocenters. The summed E-state index contributed by atoms with van der Waals surface area (Å²) in [5, 5.41) is 0. The first-order valence-electron chi connectivity index (χ1n) is 8.85. The lowest BCUT2D eigenvalue weighted by Gasteiger charge is -2.35. The van der Waals surface area contributed by atoms with Gasteiger partial charge in [-0.05, 0) is 23.6 Å². The van der Waals surface area contributed by atoms with Crippen LogP contribution in [0, 0.1) is 5.92 Å². The molecule has 1 aromatic rings. The third kappa shape index (κ3) is 6.26. The molecule has 6 nitrogen and oxygen atoms in total. The average molecular weight is 370 g/mol. The summed E-state index contributed by atoms with van der Waals surface area (Å²) in [5.74, 6) is 0.265. The Kier molecular flexibility index (Phi) is 7.25. The zero-order chi connectivity index (χ0) is 18.4. The lowest BCUT2D eigenvalue weighted by molar-refractivity contribution is 0.0172. The first-order chi connectivity index (χ1) is 11.8. The van der Waals surface area contributed by atoms with Crippen molar-refractivity contribution in [3.8, 4) is 0 Å². The van der Waals surface area contributed by atoms with Gasteiger partial charge in [0.05, 0.1) is 19.0 Å². The van der Waals surface area contributed by atoms with Crippen molar-refractivity contribution in [3.05, 3.63) is 29.8 Å². The van der Waals surface area contributed by atoms with Crippen LogP contribution >= 0.6 is 0 Å². The van der Waals surface area contributed by atoms with Crippen LogP contribution in [0.1, 0.15) is 25.5 Å². The molecular formula is C18H31N3O3S. The molecule has 142 valence electrons. The van der Waals surface area contributed by atoms with E-state index in [-0.39, 0.29) is 17.7 Å². The molecule has 0 spiro atoms. The Balaban J connectivity index is 2.15. The van der Waals surface area contributed by atoms with E-state index in [0.717, 1.165) is 24.3 Å². The average Bonchev–Trinajstić information content (AvgIpc) is 2.55. The van der Waals surface area contributed by atoms with Crippen LogP contribution in [0.5, 0.6) is 0 Å². The number of benzene rings is 1. The van der Waals surface area contributed by atoms with Gasteiger partial charge in [-0.2, -0.15) is 0 Å². The quantitative estimate of drug-likeness (QED) is 0.756. The van der Waals surface area contributed by atoms with Crippen LogP contribution in [0.15, 0.2) is 24.3 Å². The maximum absolute atomic E-state index is 12.2. The molecule has 1 saturated heterocycles. The zero-order valence-corrected chi connectivity index (χ0v) is 16.6. The van der Waals surface area contributed by atoms with Crippen LogP contribution in [0.2, 0.25) is 0 Å². The molecule has 0 unspecified atom stereocenters. The fourth-order valence-corrected chi connectivity index (χ4v) is 4.45. The second-order valence-corrected chi connectivity index (χ2v) is 9.03. The molecule has 7 heteroatoms. The van der Waals surface area contributed by atoms with Crippen molar-refractivity contribution >= 4 is 15.7 Å². The Morgan fingerprint density at radius 1 is 1.16 bits per heavy atom. The van der Waals surface area contributed by atoms with Crippen LogP contribution in [0.3, 0.4) is 0 Å². The van der Waals surface area contributed by atoms with E-state index in [1.165, 1.54) is 0 Å². The topological polar surface area (TPSA) is 61.9 Å². The number of hydrogen-bond donors (Lipinski definition) is 1. The zero-order valence-electron chi connectivity index (χ0n) is 15.7. The highest BCUT2D eigenvalue weighted by atomic mass is 32.2. The van der Waals surface area contributed by atoms with E-state index in [1.807, 2.05) is 27.9 Å². The second-order valence-electron chi connectivity index (χ2n) is 7.17. The number of ether oxygens (including phenoxy) is 1. The SMILES string of the molecule is CC(C)CS(=O)(=O)NC[C@H](c1ccc(N(C)C)cc1)N1CCOCC1. The van der Waals surface area contributed by atoms with Gasteiger partial charge in [0.2, 0.25) is 10.0 Å². The summed E-state index contributed by atoms with van der Waals surface area (Å²) in [4.78, 5) is 4.35. The van der Waals surface area contributed by atoms with E-state index in [9.17, 15) is 8.42 Å². The molecule has 0 bridgehead atoms. The lowest BCUT2D eigenvalue weighted by atomic mass is 10.0. The molecule has 1 fully saturated rings. The molecule has 1 aliphatic rings. The molecular weight excluding hydrogens is 338 g/mol. The molecule has 1 aromatic carbocycles.